The molecule has 0 aromatic carbocycles. The summed E-state index contributed by atoms with van der Waals surface area (Å²) in [4.78, 5) is 28.0. The maximum atomic E-state index is 12.9. The number of esters is 1. The molecule has 1 atom stereocenters. The fourth-order valence-electron chi connectivity index (χ4n) is 4.33. The van der Waals surface area contributed by atoms with E-state index in [1.807, 2.05) is 11.6 Å². The van der Waals surface area contributed by atoms with Crippen LogP contribution in [0.1, 0.15) is 58.4 Å². The molecule has 3 aromatic rings. The number of carbonyl (C=O) groups is 2. The zero-order valence-corrected chi connectivity index (χ0v) is 22.6. The minimum absolute atomic E-state index is 0.174. The van der Waals surface area contributed by atoms with Crippen molar-refractivity contribution in [1.29, 1.82) is 0 Å². The van der Waals surface area contributed by atoms with Crippen LogP contribution >= 0.6 is 34.4 Å². The molecule has 0 bridgehead atoms. The van der Waals surface area contributed by atoms with Gasteiger partial charge in [0.1, 0.15) is 5.00 Å². The number of aryl methyl sites for hydroxylation is 1. The van der Waals surface area contributed by atoms with E-state index in [0.717, 1.165) is 42.6 Å². The molecule has 0 fully saturated rings. The Hall–Kier alpha value is -2.17. The summed E-state index contributed by atoms with van der Waals surface area (Å²) in [5, 5.41) is 15.1. The van der Waals surface area contributed by atoms with Gasteiger partial charge in [-0.2, -0.15) is 0 Å². The molecular weight excluding hydrogens is 488 g/mol. The van der Waals surface area contributed by atoms with Crippen LogP contribution in [0.5, 0.6) is 0 Å². The molecule has 3 heterocycles. The molecule has 1 aliphatic rings. The minimum Gasteiger partial charge on any atom is -0.462 e. The Labute approximate surface area is 212 Å². The molecule has 1 unspecified atom stereocenters. The number of anilines is 1. The number of amides is 1. The van der Waals surface area contributed by atoms with Crippen LogP contribution in [0.2, 0.25) is 0 Å². The number of thiophene rings is 2. The van der Waals surface area contributed by atoms with Crippen molar-refractivity contribution in [3.63, 3.8) is 0 Å². The Morgan fingerprint density at radius 2 is 2.12 bits per heavy atom. The molecule has 0 aliphatic heterocycles. The molecule has 1 N–H and O–H groups in total. The summed E-state index contributed by atoms with van der Waals surface area (Å²) in [7, 11) is 1.93. The molecule has 3 aromatic heterocycles. The van der Waals surface area contributed by atoms with Crippen LogP contribution in [0.4, 0.5) is 5.00 Å². The van der Waals surface area contributed by atoms with Crippen LogP contribution in [0.15, 0.2) is 10.5 Å². The number of fused-ring (bicyclic) bond motifs is 1. The van der Waals surface area contributed by atoms with E-state index in [9.17, 15) is 9.59 Å². The highest BCUT2D eigenvalue weighted by Crippen LogP contribution is 2.40. The van der Waals surface area contributed by atoms with Crippen molar-refractivity contribution in [2.45, 2.75) is 58.5 Å². The van der Waals surface area contributed by atoms with Gasteiger partial charge in [-0.3, -0.25) is 4.79 Å². The van der Waals surface area contributed by atoms with Gasteiger partial charge in [-0.25, -0.2) is 4.79 Å². The third kappa shape index (κ3) is 4.94. The van der Waals surface area contributed by atoms with Gasteiger partial charge in [0.25, 0.3) is 0 Å². The molecule has 0 radical (unpaired) electrons. The van der Waals surface area contributed by atoms with E-state index >= 15 is 0 Å². The summed E-state index contributed by atoms with van der Waals surface area (Å²) in [6.07, 6.45) is 3.75. The fraction of sp³-hybridized carbons (Fsp3) is 0.500. The first-order valence-corrected chi connectivity index (χ1v) is 14.2. The van der Waals surface area contributed by atoms with Crippen LogP contribution in [-0.4, -0.2) is 39.0 Å². The lowest BCUT2D eigenvalue weighted by Gasteiger charge is -2.18. The molecule has 1 aliphatic carbocycles. The number of hydrogen-bond acceptors (Lipinski definition) is 8. The van der Waals surface area contributed by atoms with Crippen molar-refractivity contribution >= 4 is 51.3 Å². The van der Waals surface area contributed by atoms with E-state index in [-0.39, 0.29) is 17.6 Å². The summed E-state index contributed by atoms with van der Waals surface area (Å²) in [5.41, 5.74) is 3.97. The van der Waals surface area contributed by atoms with Gasteiger partial charge in [-0.05, 0) is 56.6 Å². The molecule has 4 rings (SSSR count). The zero-order valence-electron chi connectivity index (χ0n) is 20.2. The standard InChI is InChI=1S/C24H30N4O3S3/c1-6-15-14(4)32-11-17(15)21-26-27-24(28(21)5)33-12-19(29)25-22-20(23(30)31-7-2)16-9-8-13(3)10-18(16)34-22/h11,13H,6-10,12H2,1-5H3,(H,25,29). The third-order valence-corrected chi connectivity index (χ3v) is 9.25. The third-order valence-electron chi connectivity index (χ3n) is 6.11. The van der Waals surface area contributed by atoms with Crippen LogP contribution in [-0.2, 0) is 35.8 Å². The number of nitrogens with zero attached hydrogens (tertiary/aromatic N) is 3. The Morgan fingerprint density at radius 3 is 2.85 bits per heavy atom. The Bertz CT molecular complexity index is 1210. The normalized spacial score (nSPS) is 15.3. The topological polar surface area (TPSA) is 86.1 Å². The fourth-order valence-corrected chi connectivity index (χ4v) is 7.40. The SMILES string of the molecule is CCOC(=O)c1c(NC(=O)CSc2nnc(-c3csc(C)c3CC)n2C)sc2c1CCC(C)C2. The second-order valence-electron chi connectivity index (χ2n) is 8.52. The average Bonchev–Trinajstić information content (AvgIpc) is 3.46. The van der Waals surface area contributed by atoms with E-state index in [1.165, 1.54) is 38.4 Å². The van der Waals surface area contributed by atoms with Crippen molar-refractivity contribution in [1.82, 2.24) is 14.8 Å². The van der Waals surface area contributed by atoms with Gasteiger partial charge in [0, 0.05) is 27.7 Å². The van der Waals surface area contributed by atoms with Gasteiger partial charge in [0.2, 0.25) is 5.91 Å². The predicted octanol–water partition coefficient (Wildman–Crippen LogP) is 5.51. The molecule has 0 spiro atoms. The van der Waals surface area contributed by atoms with Gasteiger partial charge < -0.3 is 14.6 Å². The van der Waals surface area contributed by atoms with E-state index < -0.39 is 0 Å². The number of rotatable bonds is 8. The van der Waals surface area contributed by atoms with E-state index in [1.54, 1.807) is 18.3 Å². The Balaban J connectivity index is 1.48. The first kappa shape index (κ1) is 24.9. The van der Waals surface area contributed by atoms with E-state index in [0.29, 0.717) is 28.2 Å². The predicted molar refractivity (Wildman–Crippen MR) is 139 cm³/mol. The molecule has 0 saturated carbocycles. The van der Waals surface area contributed by atoms with E-state index in [2.05, 4.69) is 41.7 Å². The van der Waals surface area contributed by atoms with Gasteiger partial charge in [0.15, 0.2) is 11.0 Å². The summed E-state index contributed by atoms with van der Waals surface area (Å²) in [6, 6.07) is 0. The highest BCUT2D eigenvalue weighted by molar-refractivity contribution is 7.99. The summed E-state index contributed by atoms with van der Waals surface area (Å²) >= 11 is 4.56. The van der Waals surface area contributed by atoms with Crippen molar-refractivity contribution in [3.8, 4) is 11.4 Å². The highest BCUT2D eigenvalue weighted by atomic mass is 32.2. The number of thioether (sulfide) groups is 1. The van der Waals surface area contributed by atoms with Crippen LogP contribution in [0.3, 0.4) is 0 Å². The smallest absolute Gasteiger partial charge is 0.341 e. The van der Waals surface area contributed by atoms with Crippen LogP contribution in [0, 0.1) is 12.8 Å². The first-order chi connectivity index (χ1) is 16.3. The maximum Gasteiger partial charge on any atom is 0.341 e. The van der Waals surface area contributed by atoms with Crippen LogP contribution < -0.4 is 5.32 Å². The number of nitrogens with one attached hydrogen (secondary N) is 1. The van der Waals surface area contributed by atoms with Crippen molar-refractivity contribution in [3.05, 3.63) is 31.8 Å². The molecular formula is C24H30N4O3S3. The first-order valence-electron chi connectivity index (χ1n) is 11.5. The Morgan fingerprint density at radius 1 is 1.32 bits per heavy atom. The summed E-state index contributed by atoms with van der Waals surface area (Å²) in [5.74, 6) is 1.04. The lowest BCUT2D eigenvalue weighted by Crippen LogP contribution is -2.18. The lowest BCUT2D eigenvalue weighted by atomic mass is 9.88. The molecule has 7 nitrogen and oxygen atoms in total. The number of aromatic nitrogens is 3. The second kappa shape index (κ2) is 10.6. The average molecular weight is 519 g/mol. The molecule has 182 valence electrons. The molecule has 10 heteroatoms. The quantitative estimate of drug-likeness (QED) is 0.313. The van der Waals surface area contributed by atoms with Gasteiger partial charge in [-0.15, -0.1) is 32.9 Å². The lowest BCUT2D eigenvalue weighted by molar-refractivity contribution is -0.113. The molecule has 0 saturated heterocycles. The Kier molecular flexibility index (Phi) is 7.79. The van der Waals surface area contributed by atoms with Crippen molar-refractivity contribution in [2.75, 3.05) is 17.7 Å². The number of carbonyl (C=O) groups excluding carboxylic acids is 2. The van der Waals surface area contributed by atoms with Crippen molar-refractivity contribution in [2.24, 2.45) is 13.0 Å². The summed E-state index contributed by atoms with van der Waals surface area (Å²) < 4.78 is 7.24. The number of ether oxygens (including phenoxy) is 1. The van der Waals surface area contributed by atoms with Gasteiger partial charge in [-0.1, -0.05) is 25.6 Å². The van der Waals surface area contributed by atoms with Crippen LogP contribution in [0.25, 0.3) is 11.4 Å². The van der Waals surface area contributed by atoms with Gasteiger partial charge >= 0.3 is 5.97 Å². The monoisotopic (exact) mass is 518 g/mol. The van der Waals surface area contributed by atoms with Gasteiger partial charge in [0.05, 0.1) is 17.9 Å². The molecule has 34 heavy (non-hydrogen) atoms. The molecule has 1 amide bonds. The maximum absolute atomic E-state index is 12.9. The van der Waals surface area contributed by atoms with Crippen molar-refractivity contribution < 1.29 is 14.3 Å². The highest BCUT2D eigenvalue weighted by Gasteiger charge is 2.29. The zero-order chi connectivity index (χ0) is 24.4. The minimum atomic E-state index is -0.353. The largest absolute Gasteiger partial charge is 0.462 e. The second-order valence-corrected chi connectivity index (χ2v) is 11.6. The number of hydrogen-bond donors (Lipinski definition) is 1. The van der Waals surface area contributed by atoms with E-state index in [4.69, 9.17) is 4.74 Å². The summed E-state index contributed by atoms with van der Waals surface area (Å²) in [6.45, 7) is 8.59.